The van der Waals surface area contributed by atoms with E-state index in [2.05, 4.69) is 57.8 Å². The van der Waals surface area contributed by atoms with Crippen molar-refractivity contribution in [3.05, 3.63) is 174 Å². The van der Waals surface area contributed by atoms with E-state index in [1.165, 1.54) is 19.1 Å². The molecular weight excluding hydrogens is 1190 g/mol. The second-order valence-electron chi connectivity index (χ2n) is 23.1. The lowest BCUT2D eigenvalue weighted by Gasteiger charge is -2.29. The molecule has 5 aromatic carbocycles. The molecule has 1 aliphatic heterocycles. The van der Waals surface area contributed by atoms with Crippen molar-refractivity contribution < 1.29 is 53.4 Å². The van der Waals surface area contributed by atoms with Crippen molar-refractivity contribution in [3.63, 3.8) is 0 Å². The van der Waals surface area contributed by atoms with Crippen LogP contribution in [0.2, 0.25) is 0 Å². The number of nitrogens with zero attached hydrogens (tertiary/aromatic N) is 1. The molecule has 26 heteroatoms. The number of hydrogen-bond acceptors (Lipinski definition) is 14. The number of hydrogen-bond donors (Lipinski definition) is 16. The number of nitrogens with one attached hydrogen (secondary N) is 10. The van der Waals surface area contributed by atoms with Gasteiger partial charge in [-0.3, -0.25) is 48.1 Å². The van der Waals surface area contributed by atoms with Crippen LogP contribution < -0.4 is 70.8 Å². The maximum atomic E-state index is 15.2. The molecule has 6 aromatic rings. The van der Waals surface area contributed by atoms with E-state index in [-0.39, 0.29) is 89.1 Å². The van der Waals surface area contributed by atoms with Gasteiger partial charge in [-0.25, -0.2) is 0 Å². The van der Waals surface area contributed by atoms with Crippen LogP contribution in [0.25, 0.3) is 10.9 Å². The fourth-order valence-corrected chi connectivity index (χ4v) is 10.7. The van der Waals surface area contributed by atoms with Gasteiger partial charge in [-0.05, 0) is 104 Å². The maximum absolute atomic E-state index is 15.2. The molecule has 7 rings (SSSR count). The molecule has 0 saturated carbocycles. The van der Waals surface area contributed by atoms with Gasteiger partial charge in [0.05, 0.1) is 12.1 Å². The Hall–Kier alpha value is -10.2. The van der Waals surface area contributed by atoms with Gasteiger partial charge in [0.1, 0.15) is 54.1 Å². The number of phenolic OH excluding ortho intramolecular Hbond substituents is 1. The zero-order valence-corrected chi connectivity index (χ0v) is 51.9. The minimum Gasteiger partial charge on any atom is -0.508 e. The number of benzene rings is 5. The number of aromatic nitrogens is 1. The minimum atomic E-state index is -1.72. The van der Waals surface area contributed by atoms with E-state index >= 15 is 14.4 Å². The number of phenols is 1. The first-order valence-corrected chi connectivity index (χ1v) is 31.1. The van der Waals surface area contributed by atoms with E-state index in [4.69, 9.17) is 22.9 Å². The lowest BCUT2D eigenvalue weighted by molar-refractivity contribution is -0.137. The van der Waals surface area contributed by atoms with Gasteiger partial charge in [-0.15, -0.1) is 0 Å². The van der Waals surface area contributed by atoms with Crippen molar-refractivity contribution in [3.8, 4) is 5.75 Å². The van der Waals surface area contributed by atoms with Gasteiger partial charge in [-0.1, -0.05) is 121 Å². The Labute approximate surface area is 539 Å². The molecule has 0 bridgehead atoms. The number of amides is 9. The molecule has 0 aliphatic carbocycles. The molecule has 494 valence electrons. The summed E-state index contributed by atoms with van der Waals surface area (Å²) in [5, 5.41) is 46.6. The number of carbonyl (C=O) groups excluding carboxylic acids is 9. The minimum absolute atomic E-state index is 0.00376. The largest absolute Gasteiger partial charge is 0.508 e. The Morgan fingerprint density at radius 1 is 0.548 bits per heavy atom. The zero-order valence-electron chi connectivity index (χ0n) is 51.9. The molecule has 1 aliphatic rings. The topological polar surface area (TPSA) is 435 Å². The maximum Gasteiger partial charge on any atom is 0.245 e. The number of aliphatic hydroxyl groups is 1. The molecular formula is C67H85N15O11. The van der Waals surface area contributed by atoms with Crippen molar-refractivity contribution in [1.82, 2.24) is 52.8 Å². The van der Waals surface area contributed by atoms with Gasteiger partial charge in [0.15, 0.2) is 5.96 Å². The molecule has 26 nitrogen and oxygen atoms in total. The van der Waals surface area contributed by atoms with E-state index < -0.39 is 114 Å². The van der Waals surface area contributed by atoms with Crippen LogP contribution >= 0.6 is 0 Å². The summed E-state index contributed by atoms with van der Waals surface area (Å²) in [4.78, 5) is 140. The number of carbonyl (C=O) groups is 9. The van der Waals surface area contributed by atoms with E-state index in [1.807, 2.05) is 18.2 Å². The third-order valence-corrected chi connectivity index (χ3v) is 15.8. The highest BCUT2D eigenvalue weighted by atomic mass is 16.3. The van der Waals surface area contributed by atoms with Crippen LogP contribution in [0.4, 0.5) is 0 Å². The number of para-hydroxylation sites is 1. The molecule has 0 spiro atoms. The molecule has 20 N–H and O–H groups in total. The Kier molecular flexibility index (Phi) is 26.8. The van der Waals surface area contributed by atoms with Crippen LogP contribution in [-0.2, 0) is 75.3 Å². The van der Waals surface area contributed by atoms with Crippen LogP contribution in [0.5, 0.6) is 5.75 Å². The average molecular weight is 1280 g/mol. The van der Waals surface area contributed by atoms with Gasteiger partial charge in [0.2, 0.25) is 53.2 Å². The summed E-state index contributed by atoms with van der Waals surface area (Å²) in [5.41, 5.74) is 27.3. The first kappa shape index (κ1) is 70.3. The lowest BCUT2D eigenvalue weighted by atomic mass is 10.00. The molecule has 0 radical (unpaired) electrons. The number of aromatic hydroxyl groups is 1. The fraction of sp³-hybridized carbons (Fsp3) is 0.373. The number of aliphatic imine (C=N–C) groups is 1. The predicted molar refractivity (Wildman–Crippen MR) is 350 cm³/mol. The number of guanidine groups is 1. The van der Waals surface area contributed by atoms with Crippen LogP contribution in [0, 0.1) is 0 Å². The summed E-state index contributed by atoms with van der Waals surface area (Å²) in [6, 6.07) is 26.3. The molecule has 1 saturated heterocycles. The predicted octanol–water partition coefficient (Wildman–Crippen LogP) is -0.324. The third-order valence-electron chi connectivity index (χ3n) is 15.8. The second kappa shape index (κ2) is 35.4. The standard InChI is InChI=1S/C67H85N15O11/c1-40(83)57-66(93)81-53(35-41-16-5-2-6-17-41)59(86)72-33-30-52(75-58(85)48(69)34-44-26-28-46(84)29-27-44)61(88)76-51(25-15-32-73-67(70)71)60(87)78-54(36-42-18-7-3-8-19-42)63(90)79-55(37-43-20-9-4-10-21-43)64(91)80-56(38-45-39-74-49-23-12-11-22-47(45)49)65(92)77-50(62(89)82-57)24-13-14-31-68/h2-12,16-23,26-29,39-40,48,50-57,74,83-84H,13-15,24-25,30-38,68-69H2,1H3,(H,72,86)(H,75,85)(H,76,88)(H,77,92)(H,78,87)(H,79,90)(H,80,91)(H,81,93)(H,82,89)(H4,70,71,73)/t40-,48+,50?,51+,52-,53?,54?,55+,56?,57+/m1/s1. The summed E-state index contributed by atoms with van der Waals surface area (Å²) in [7, 11) is 0. The van der Waals surface area contributed by atoms with Crippen molar-refractivity contribution in [2.45, 2.75) is 138 Å². The van der Waals surface area contributed by atoms with Gasteiger partial charge >= 0.3 is 0 Å². The summed E-state index contributed by atoms with van der Waals surface area (Å²) in [6.45, 7) is 1.15. The summed E-state index contributed by atoms with van der Waals surface area (Å²) >= 11 is 0. The van der Waals surface area contributed by atoms with E-state index in [0.29, 0.717) is 40.7 Å². The molecule has 10 atom stereocenters. The van der Waals surface area contributed by atoms with Crippen molar-refractivity contribution in [1.29, 1.82) is 0 Å². The van der Waals surface area contributed by atoms with Gasteiger partial charge < -0.3 is 86.0 Å². The van der Waals surface area contributed by atoms with Gasteiger partial charge in [0.25, 0.3) is 0 Å². The number of nitrogens with two attached hydrogens (primary N) is 4. The fourth-order valence-electron chi connectivity index (χ4n) is 10.7. The Bertz CT molecular complexity index is 3500. The van der Waals surface area contributed by atoms with Crippen molar-refractivity contribution in [2.24, 2.45) is 27.9 Å². The quantitative estimate of drug-likeness (QED) is 0.0249. The molecule has 4 unspecified atom stereocenters. The average Bonchev–Trinajstić information content (AvgIpc) is 1.81. The highest BCUT2D eigenvalue weighted by Crippen LogP contribution is 2.21. The van der Waals surface area contributed by atoms with Crippen molar-refractivity contribution >= 4 is 70.0 Å². The van der Waals surface area contributed by atoms with Crippen molar-refractivity contribution in [2.75, 3.05) is 19.6 Å². The molecule has 1 aromatic heterocycles. The van der Waals surface area contributed by atoms with Crippen LogP contribution in [0.3, 0.4) is 0 Å². The number of unbranched alkanes of at least 4 members (excludes halogenated alkanes) is 1. The van der Waals surface area contributed by atoms with E-state index in [1.54, 1.807) is 115 Å². The number of fused-ring (bicyclic) bond motifs is 1. The second-order valence-corrected chi connectivity index (χ2v) is 23.1. The first-order valence-electron chi connectivity index (χ1n) is 31.1. The number of rotatable bonds is 21. The molecule has 2 heterocycles. The van der Waals surface area contributed by atoms with Crippen LogP contribution in [0.1, 0.15) is 73.3 Å². The molecule has 9 amide bonds. The number of aliphatic hydroxyl groups excluding tert-OH is 1. The van der Waals surface area contributed by atoms with E-state index in [9.17, 15) is 39.0 Å². The van der Waals surface area contributed by atoms with Gasteiger partial charge in [0, 0.05) is 55.9 Å². The first-order chi connectivity index (χ1) is 44.7. The Morgan fingerprint density at radius 3 is 1.55 bits per heavy atom. The summed E-state index contributed by atoms with van der Waals surface area (Å²) in [6.07, 6.45) is -0.0922. The summed E-state index contributed by atoms with van der Waals surface area (Å²) in [5.74, 6) is -8.00. The normalized spacial score (nSPS) is 21.6. The SMILES string of the molecule is C[C@@H](O)[C@@H]1NC(=O)C(CCCCN)NC(=O)C(Cc2c[nH]c3ccccc23)NC(=O)[C@H](Cc2ccccc2)NC(=O)C(Cc2ccccc2)NC(=O)[C@H](CCCN=C(N)N)NC(=O)[C@H](NC(=O)[C@@H](N)Cc2ccc(O)cc2)CCNC(=O)C(Cc2ccccc2)NC1=O. The monoisotopic (exact) mass is 1280 g/mol. The summed E-state index contributed by atoms with van der Waals surface area (Å²) < 4.78 is 0. The molecule has 1 fully saturated rings. The number of H-pyrrole nitrogens is 1. The Balaban J connectivity index is 1.32. The highest BCUT2D eigenvalue weighted by Gasteiger charge is 2.37. The highest BCUT2D eigenvalue weighted by molar-refractivity contribution is 5.99. The van der Waals surface area contributed by atoms with E-state index in [0.717, 1.165) is 10.9 Å². The number of aromatic amines is 1. The smallest absolute Gasteiger partial charge is 0.245 e. The van der Waals surface area contributed by atoms with Gasteiger partial charge in [-0.2, -0.15) is 0 Å². The third kappa shape index (κ3) is 22.0. The van der Waals surface area contributed by atoms with Crippen LogP contribution in [-0.4, -0.2) is 154 Å². The zero-order chi connectivity index (χ0) is 66.8. The van der Waals surface area contributed by atoms with Crippen LogP contribution in [0.15, 0.2) is 151 Å². The Morgan fingerprint density at radius 2 is 1.01 bits per heavy atom. The molecule has 93 heavy (non-hydrogen) atoms. The lowest BCUT2D eigenvalue weighted by Crippen LogP contribution is -2.62.